The van der Waals surface area contributed by atoms with Crippen LogP contribution >= 0.6 is 0 Å². The molecular formula is C18H19N3O4. The second-order valence-corrected chi connectivity index (χ2v) is 5.63. The van der Waals surface area contributed by atoms with Crippen LogP contribution in [-0.2, 0) is 4.84 Å². The fourth-order valence-corrected chi connectivity index (χ4v) is 2.42. The molecule has 0 radical (unpaired) electrons. The predicted octanol–water partition coefficient (Wildman–Crippen LogP) is 2.88. The zero-order chi connectivity index (χ0) is 17.8. The number of ether oxygens (including phenoxy) is 1. The summed E-state index contributed by atoms with van der Waals surface area (Å²) in [6.07, 6.45) is 1.26. The smallest absolute Gasteiger partial charge is 0.338 e. The molecule has 130 valence electrons. The first-order valence-corrected chi connectivity index (χ1v) is 7.79. The summed E-state index contributed by atoms with van der Waals surface area (Å²) in [5, 5.41) is 10.0. The Morgan fingerprint density at radius 2 is 1.84 bits per heavy atom. The van der Waals surface area contributed by atoms with Crippen LogP contribution in [-0.4, -0.2) is 28.4 Å². The van der Waals surface area contributed by atoms with E-state index >= 15 is 0 Å². The first kappa shape index (κ1) is 16.8. The molecule has 2 unspecified atom stereocenters. The molecule has 0 fully saturated rings. The fourth-order valence-electron chi connectivity index (χ4n) is 2.42. The van der Waals surface area contributed by atoms with Gasteiger partial charge < -0.3 is 10.5 Å². The van der Waals surface area contributed by atoms with Gasteiger partial charge in [0.25, 0.3) is 0 Å². The highest BCUT2D eigenvalue weighted by Crippen LogP contribution is 2.25. The fraction of sp³-hybridized carbons (Fsp3) is 0.167. The van der Waals surface area contributed by atoms with Crippen LogP contribution in [0.4, 0.5) is 4.79 Å². The van der Waals surface area contributed by atoms with Crippen LogP contribution in [0.25, 0.3) is 5.70 Å². The molecule has 0 aromatic heterocycles. The standard InChI is InChI=1S/C18H19N3O4/c1-12(21(23)18(19)22)17-11-16(20-25-17)13-7-9-15(10-8-13)24-14-5-3-2-4-6-14/h2-12,17,20,23H,1H3,(H2,19,22). The molecule has 0 bridgehead atoms. The minimum atomic E-state index is -0.930. The Hall–Kier alpha value is -3.03. The maximum absolute atomic E-state index is 11.0. The average Bonchev–Trinajstić information content (AvgIpc) is 3.12. The maximum atomic E-state index is 11.0. The number of primary amides is 1. The van der Waals surface area contributed by atoms with Crippen LogP contribution in [0, 0.1) is 0 Å². The summed E-state index contributed by atoms with van der Waals surface area (Å²) in [6, 6.07) is 15.4. The van der Waals surface area contributed by atoms with Gasteiger partial charge in [0.15, 0.2) is 0 Å². The SMILES string of the molecule is CC(C1C=C(c2ccc(Oc3ccccc3)cc2)NO1)N(O)C(N)=O. The second kappa shape index (κ2) is 7.25. The number of carbonyl (C=O) groups is 1. The Bertz CT molecular complexity index is 762. The highest BCUT2D eigenvalue weighted by molar-refractivity contribution is 5.71. The molecule has 1 aliphatic rings. The van der Waals surface area contributed by atoms with Gasteiger partial charge in [-0.25, -0.2) is 9.86 Å². The zero-order valence-electron chi connectivity index (χ0n) is 13.6. The van der Waals surface area contributed by atoms with Crippen LogP contribution in [0.3, 0.4) is 0 Å². The third kappa shape index (κ3) is 3.90. The molecule has 25 heavy (non-hydrogen) atoms. The van der Waals surface area contributed by atoms with Crippen LogP contribution in [0.5, 0.6) is 11.5 Å². The number of hydrogen-bond acceptors (Lipinski definition) is 5. The topological polar surface area (TPSA) is 97.0 Å². The van der Waals surface area contributed by atoms with Crippen LogP contribution in [0.1, 0.15) is 12.5 Å². The molecule has 2 aromatic carbocycles. The van der Waals surface area contributed by atoms with Crippen molar-refractivity contribution in [2.24, 2.45) is 5.73 Å². The summed E-state index contributed by atoms with van der Waals surface area (Å²) >= 11 is 0. The average molecular weight is 341 g/mol. The number of amides is 2. The number of hydrogen-bond donors (Lipinski definition) is 3. The lowest BCUT2D eigenvalue weighted by atomic mass is 10.1. The van der Waals surface area contributed by atoms with Crippen molar-refractivity contribution in [3.05, 3.63) is 66.2 Å². The van der Waals surface area contributed by atoms with Gasteiger partial charge in [0, 0.05) is 0 Å². The number of carbonyl (C=O) groups excluding carboxylic acids is 1. The molecule has 4 N–H and O–H groups in total. The highest BCUT2D eigenvalue weighted by Gasteiger charge is 2.29. The van der Waals surface area contributed by atoms with Crippen LogP contribution in [0.15, 0.2) is 60.7 Å². The van der Waals surface area contributed by atoms with Crippen molar-refractivity contribution >= 4 is 11.7 Å². The molecule has 0 saturated heterocycles. The van der Waals surface area contributed by atoms with E-state index in [-0.39, 0.29) is 0 Å². The summed E-state index contributed by atoms with van der Waals surface area (Å²) in [4.78, 5) is 16.4. The molecule has 2 aromatic rings. The Morgan fingerprint density at radius 3 is 2.48 bits per heavy atom. The lowest BCUT2D eigenvalue weighted by molar-refractivity contribution is -0.111. The summed E-state index contributed by atoms with van der Waals surface area (Å²) in [6.45, 7) is 1.63. The highest BCUT2D eigenvalue weighted by atomic mass is 16.7. The largest absolute Gasteiger partial charge is 0.457 e. The second-order valence-electron chi connectivity index (χ2n) is 5.63. The van der Waals surface area contributed by atoms with E-state index < -0.39 is 18.2 Å². The molecule has 1 aliphatic heterocycles. The summed E-state index contributed by atoms with van der Waals surface area (Å²) in [7, 11) is 0. The number of para-hydroxylation sites is 1. The minimum absolute atomic E-state index is 0.447. The van der Waals surface area contributed by atoms with E-state index in [4.69, 9.17) is 15.3 Å². The third-order valence-electron chi connectivity index (χ3n) is 3.87. The summed E-state index contributed by atoms with van der Waals surface area (Å²) < 4.78 is 5.75. The molecule has 2 amide bonds. The van der Waals surface area contributed by atoms with Crippen molar-refractivity contribution < 1.29 is 19.6 Å². The van der Waals surface area contributed by atoms with E-state index in [1.54, 1.807) is 13.0 Å². The van der Waals surface area contributed by atoms with E-state index in [0.717, 1.165) is 22.8 Å². The number of nitrogens with two attached hydrogens (primary N) is 1. The third-order valence-corrected chi connectivity index (χ3v) is 3.87. The zero-order valence-corrected chi connectivity index (χ0v) is 13.6. The summed E-state index contributed by atoms with van der Waals surface area (Å²) in [5.74, 6) is 1.48. The van der Waals surface area contributed by atoms with Gasteiger partial charge in [-0.2, -0.15) is 0 Å². The van der Waals surface area contributed by atoms with Crippen molar-refractivity contribution in [1.82, 2.24) is 10.5 Å². The number of hydroxylamine groups is 3. The normalized spacial score (nSPS) is 17.4. The van der Waals surface area contributed by atoms with Crippen LogP contribution in [0.2, 0.25) is 0 Å². The number of benzene rings is 2. The van der Waals surface area contributed by atoms with E-state index in [9.17, 15) is 10.0 Å². The van der Waals surface area contributed by atoms with Crippen molar-refractivity contribution in [2.75, 3.05) is 0 Å². The first-order valence-electron chi connectivity index (χ1n) is 7.79. The predicted molar refractivity (Wildman–Crippen MR) is 91.6 cm³/mol. The molecule has 0 spiro atoms. The van der Waals surface area contributed by atoms with Gasteiger partial charge in [0.2, 0.25) is 0 Å². The lowest BCUT2D eigenvalue weighted by Gasteiger charge is -2.23. The number of urea groups is 1. The number of rotatable bonds is 5. The molecule has 0 aliphatic carbocycles. The Kier molecular flexibility index (Phi) is 4.87. The molecule has 1 heterocycles. The van der Waals surface area contributed by atoms with Crippen molar-refractivity contribution in [3.8, 4) is 11.5 Å². The van der Waals surface area contributed by atoms with Gasteiger partial charge in [-0.1, -0.05) is 18.2 Å². The monoisotopic (exact) mass is 341 g/mol. The Balaban J connectivity index is 1.68. The molecule has 7 nitrogen and oxygen atoms in total. The van der Waals surface area contributed by atoms with Gasteiger partial charge in [-0.15, -0.1) is 0 Å². The van der Waals surface area contributed by atoms with Gasteiger partial charge in [-0.3, -0.25) is 15.5 Å². The van der Waals surface area contributed by atoms with Crippen LogP contribution < -0.4 is 16.0 Å². The Morgan fingerprint density at radius 1 is 1.20 bits per heavy atom. The van der Waals surface area contributed by atoms with Crippen molar-refractivity contribution in [1.29, 1.82) is 0 Å². The molecule has 2 atom stereocenters. The minimum Gasteiger partial charge on any atom is -0.457 e. The number of nitrogens with one attached hydrogen (secondary N) is 1. The van der Waals surface area contributed by atoms with Gasteiger partial charge >= 0.3 is 6.03 Å². The van der Waals surface area contributed by atoms with E-state index in [0.29, 0.717) is 5.06 Å². The van der Waals surface area contributed by atoms with Crippen molar-refractivity contribution in [3.63, 3.8) is 0 Å². The quantitative estimate of drug-likeness (QED) is 0.574. The molecular weight excluding hydrogens is 322 g/mol. The van der Waals surface area contributed by atoms with Crippen molar-refractivity contribution in [2.45, 2.75) is 19.1 Å². The molecule has 3 rings (SSSR count). The van der Waals surface area contributed by atoms with E-state index in [2.05, 4.69) is 5.48 Å². The molecule has 0 saturated carbocycles. The first-order chi connectivity index (χ1) is 12.0. The summed E-state index contributed by atoms with van der Waals surface area (Å²) in [5.41, 5.74) is 9.48. The Labute approximate surface area is 145 Å². The lowest BCUT2D eigenvalue weighted by Crippen LogP contribution is -2.45. The number of nitrogens with zero attached hydrogens (tertiary/aromatic N) is 1. The van der Waals surface area contributed by atoms with Gasteiger partial charge in [0.1, 0.15) is 17.6 Å². The van der Waals surface area contributed by atoms with E-state index in [1.165, 1.54) is 0 Å². The van der Waals surface area contributed by atoms with E-state index in [1.807, 2.05) is 54.6 Å². The van der Waals surface area contributed by atoms with Gasteiger partial charge in [0.05, 0.1) is 11.7 Å². The molecule has 7 heteroatoms. The van der Waals surface area contributed by atoms with Gasteiger partial charge in [-0.05, 0) is 55.0 Å². The maximum Gasteiger partial charge on any atom is 0.338 e.